The van der Waals surface area contributed by atoms with E-state index in [1.807, 2.05) is 6.07 Å². The lowest BCUT2D eigenvalue weighted by Crippen LogP contribution is -2.43. The molecule has 0 radical (unpaired) electrons. The van der Waals surface area contributed by atoms with Gasteiger partial charge < -0.3 is 9.47 Å². The molecule has 0 aliphatic carbocycles. The Balaban J connectivity index is 1.71. The molecule has 21 heavy (non-hydrogen) atoms. The first-order valence-electron chi connectivity index (χ1n) is 7.32. The number of hydrogen-bond acceptors (Lipinski definition) is 5. The van der Waals surface area contributed by atoms with Gasteiger partial charge in [-0.2, -0.15) is 0 Å². The molecule has 1 fully saturated rings. The summed E-state index contributed by atoms with van der Waals surface area (Å²) in [6.45, 7) is 4.32. The second-order valence-electron chi connectivity index (χ2n) is 5.73. The third kappa shape index (κ3) is 3.56. The molecular formula is C15H21NO4S. The first-order chi connectivity index (χ1) is 10.0. The molecule has 1 aromatic carbocycles. The van der Waals surface area contributed by atoms with Crippen LogP contribution < -0.4 is 4.74 Å². The summed E-state index contributed by atoms with van der Waals surface area (Å²) in [6.07, 6.45) is 3.27. The summed E-state index contributed by atoms with van der Waals surface area (Å²) in [5.74, 6) is 0.724. The molecule has 3 rings (SSSR count). The van der Waals surface area contributed by atoms with Crippen LogP contribution in [-0.2, 0) is 21.0 Å². The summed E-state index contributed by atoms with van der Waals surface area (Å²) in [7, 11) is -3.19. The number of fused-ring (bicyclic) bond motifs is 1. The van der Waals surface area contributed by atoms with Crippen molar-refractivity contribution < 1.29 is 17.9 Å². The lowest BCUT2D eigenvalue weighted by atomic mass is 10.0. The molecule has 0 amide bonds. The van der Waals surface area contributed by atoms with E-state index < -0.39 is 9.84 Å². The Morgan fingerprint density at radius 1 is 1.29 bits per heavy atom. The monoisotopic (exact) mass is 311 g/mol. The van der Waals surface area contributed by atoms with E-state index in [2.05, 4.69) is 4.90 Å². The smallest absolute Gasteiger partial charge is 0.175 e. The van der Waals surface area contributed by atoms with Crippen LogP contribution in [0, 0.1) is 0 Å². The van der Waals surface area contributed by atoms with Crippen LogP contribution in [-0.4, -0.2) is 58.5 Å². The summed E-state index contributed by atoms with van der Waals surface area (Å²) in [6, 6.07) is 5.20. The van der Waals surface area contributed by atoms with Crippen molar-refractivity contribution in [1.29, 1.82) is 0 Å². The van der Waals surface area contributed by atoms with Gasteiger partial charge in [-0.1, -0.05) is 6.07 Å². The second-order valence-corrected chi connectivity index (χ2v) is 7.75. The highest BCUT2D eigenvalue weighted by Crippen LogP contribution is 2.30. The molecule has 0 spiro atoms. The Morgan fingerprint density at radius 2 is 2.05 bits per heavy atom. The van der Waals surface area contributed by atoms with E-state index >= 15 is 0 Å². The fourth-order valence-corrected chi connectivity index (χ4v) is 3.47. The van der Waals surface area contributed by atoms with Crippen LogP contribution in [0.3, 0.4) is 0 Å². The number of morpholine rings is 1. The highest BCUT2D eigenvalue weighted by Gasteiger charge is 2.24. The zero-order chi connectivity index (χ0) is 14.9. The van der Waals surface area contributed by atoms with E-state index in [0.717, 1.165) is 57.0 Å². The summed E-state index contributed by atoms with van der Waals surface area (Å²) in [5.41, 5.74) is 1.10. The van der Waals surface area contributed by atoms with Crippen LogP contribution in [0.4, 0.5) is 0 Å². The van der Waals surface area contributed by atoms with E-state index in [0.29, 0.717) is 4.90 Å². The Hall–Kier alpha value is -1.11. The summed E-state index contributed by atoms with van der Waals surface area (Å²) in [5, 5.41) is 0. The van der Waals surface area contributed by atoms with Crippen molar-refractivity contribution in [3.63, 3.8) is 0 Å². The standard InChI is InChI=1S/C15H21NO4S/c1-21(17,18)14-5-3-12-2-4-13(20-15(12)10-14)11-16-6-8-19-9-7-16/h3,5,10,13H,2,4,6-9,11H2,1H3. The molecule has 0 aromatic heterocycles. The van der Waals surface area contributed by atoms with Gasteiger partial charge in [-0.15, -0.1) is 0 Å². The number of aryl methyl sites for hydroxylation is 1. The van der Waals surface area contributed by atoms with Gasteiger partial charge in [0.15, 0.2) is 9.84 Å². The lowest BCUT2D eigenvalue weighted by molar-refractivity contribution is 0.0159. The van der Waals surface area contributed by atoms with E-state index in [1.165, 1.54) is 6.26 Å². The Labute approximate surface area is 125 Å². The zero-order valence-corrected chi connectivity index (χ0v) is 13.1. The van der Waals surface area contributed by atoms with Crippen molar-refractivity contribution in [2.75, 3.05) is 39.1 Å². The molecule has 1 saturated heterocycles. The number of benzene rings is 1. The Morgan fingerprint density at radius 3 is 2.76 bits per heavy atom. The fraction of sp³-hybridized carbons (Fsp3) is 0.600. The van der Waals surface area contributed by atoms with Crippen molar-refractivity contribution >= 4 is 9.84 Å². The SMILES string of the molecule is CS(=O)(=O)c1ccc2c(c1)OC(CN1CCOCC1)CC2. The molecule has 116 valence electrons. The van der Waals surface area contributed by atoms with Crippen molar-refractivity contribution in [2.45, 2.75) is 23.8 Å². The van der Waals surface area contributed by atoms with Crippen LogP contribution in [0.15, 0.2) is 23.1 Å². The molecule has 5 nitrogen and oxygen atoms in total. The van der Waals surface area contributed by atoms with Gasteiger partial charge in [-0.05, 0) is 30.5 Å². The number of sulfone groups is 1. The fourth-order valence-electron chi connectivity index (χ4n) is 2.84. The van der Waals surface area contributed by atoms with Gasteiger partial charge in [0.05, 0.1) is 18.1 Å². The number of hydrogen-bond donors (Lipinski definition) is 0. The van der Waals surface area contributed by atoms with Crippen LogP contribution in [0.5, 0.6) is 5.75 Å². The van der Waals surface area contributed by atoms with E-state index in [9.17, 15) is 8.42 Å². The molecule has 2 aliphatic heterocycles. The molecule has 0 N–H and O–H groups in total. The molecule has 2 aliphatic rings. The first-order valence-corrected chi connectivity index (χ1v) is 9.21. The molecule has 1 unspecified atom stereocenters. The second kappa shape index (κ2) is 5.94. The molecule has 1 aromatic rings. The molecule has 2 heterocycles. The van der Waals surface area contributed by atoms with Gasteiger partial charge in [-0.25, -0.2) is 8.42 Å². The van der Waals surface area contributed by atoms with Crippen LogP contribution in [0.1, 0.15) is 12.0 Å². The number of nitrogens with zero attached hydrogens (tertiary/aromatic N) is 1. The molecule has 0 saturated carbocycles. The maximum Gasteiger partial charge on any atom is 0.175 e. The largest absolute Gasteiger partial charge is 0.489 e. The topological polar surface area (TPSA) is 55.8 Å². The van der Waals surface area contributed by atoms with Crippen LogP contribution in [0.25, 0.3) is 0 Å². The van der Waals surface area contributed by atoms with Crippen LogP contribution in [0.2, 0.25) is 0 Å². The molecule has 1 atom stereocenters. The van der Waals surface area contributed by atoms with Crippen molar-refractivity contribution in [3.8, 4) is 5.75 Å². The van der Waals surface area contributed by atoms with Gasteiger partial charge >= 0.3 is 0 Å². The van der Waals surface area contributed by atoms with E-state index in [4.69, 9.17) is 9.47 Å². The number of ether oxygens (including phenoxy) is 2. The third-order valence-electron chi connectivity index (χ3n) is 4.06. The number of rotatable bonds is 3. The van der Waals surface area contributed by atoms with E-state index in [1.54, 1.807) is 12.1 Å². The van der Waals surface area contributed by atoms with Gasteiger partial charge in [0.1, 0.15) is 11.9 Å². The highest BCUT2D eigenvalue weighted by atomic mass is 32.2. The first kappa shape index (κ1) is 14.8. The minimum Gasteiger partial charge on any atom is -0.489 e. The Kier molecular flexibility index (Phi) is 4.19. The predicted octanol–water partition coefficient (Wildman–Crippen LogP) is 1.12. The normalized spacial score (nSPS) is 23.4. The summed E-state index contributed by atoms with van der Waals surface area (Å²) < 4.78 is 34.7. The van der Waals surface area contributed by atoms with Crippen molar-refractivity contribution in [2.24, 2.45) is 0 Å². The average molecular weight is 311 g/mol. The van der Waals surface area contributed by atoms with Crippen molar-refractivity contribution in [3.05, 3.63) is 23.8 Å². The minimum atomic E-state index is -3.19. The van der Waals surface area contributed by atoms with Crippen LogP contribution >= 0.6 is 0 Å². The molecule has 0 bridgehead atoms. The summed E-state index contributed by atoms with van der Waals surface area (Å²) >= 11 is 0. The van der Waals surface area contributed by atoms with Gasteiger partial charge in [0.2, 0.25) is 0 Å². The average Bonchev–Trinajstić information content (AvgIpc) is 2.46. The molecule has 6 heteroatoms. The van der Waals surface area contributed by atoms with Crippen molar-refractivity contribution in [1.82, 2.24) is 4.90 Å². The Bertz CT molecular complexity index is 608. The quantitative estimate of drug-likeness (QED) is 0.837. The highest BCUT2D eigenvalue weighted by molar-refractivity contribution is 7.90. The van der Waals surface area contributed by atoms with E-state index in [-0.39, 0.29) is 6.10 Å². The molecular weight excluding hydrogens is 290 g/mol. The van der Waals surface area contributed by atoms with Gasteiger partial charge in [0.25, 0.3) is 0 Å². The maximum atomic E-state index is 11.6. The lowest BCUT2D eigenvalue weighted by Gasteiger charge is -2.33. The van der Waals surface area contributed by atoms with Gasteiger partial charge in [-0.3, -0.25) is 4.90 Å². The van der Waals surface area contributed by atoms with Gasteiger partial charge in [0, 0.05) is 25.9 Å². The zero-order valence-electron chi connectivity index (χ0n) is 12.2. The summed E-state index contributed by atoms with van der Waals surface area (Å²) in [4.78, 5) is 2.67. The minimum absolute atomic E-state index is 0.130. The maximum absolute atomic E-state index is 11.6. The predicted molar refractivity (Wildman–Crippen MR) is 79.5 cm³/mol. The third-order valence-corrected chi connectivity index (χ3v) is 5.17.